The van der Waals surface area contributed by atoms with Crippen LogP contribution in [0.25, 0.3) is 0 Å². The summed E-state index contributed by atoms with van der Waals surface area (Å²) < 4.78 is 10.4. The first-order valence-corrected chi connectivity index (χ1v) is 5.96. The van der Waals surface area contributed by atoms with Gasteiger partial charge in [-0.25, -0.2) is 0 Å². The summed E-state index contributed by atoms with van der Waals surface area (Å²) in [6.45, 7) is 0. The molecule has 0 aromatic rings. The van der Waals surface area contributed by atoms with Crippen molar-refractivity contribution in [2.24, 2.45) is 5.50 Å². The summed E-state index contributed by atoms with van der Waals surface area (Å²) in [5.74, 6) is 0.905. The molecule has 0 spiro atoms. The van der Waals surface area contributed by atoms with E-state index in [0.717, 1.165) is 12.2 Å². The van der Waals surface area contributed by atoms with Crippen molar-refractivity contribution in [3.05, 3.63) is 0 Å². The maximum atomic E-state index is 10.4. The Morgan fingerprint density at radius 1 is 1.78 bits per heavy atom. The van der Waals surface area contributed by atoms with Crippen LogP contribution in [-0.2, 0) is 4.57 Å². The average Bonchev–Trinajstić information content (AvgIpc) is 1.63. The Bertz CT molecular complexity index is 113. The predicted molar refractivity (Wildman–Crippen MR) is 41.9 cm³/mol. The van der Waals surface area contributed by atoms with Gasteiger partial charge in [0.05, 0.1) is 0 Å². The molecule has 1 unspecified atom stereocenters. The van der Waals surface area contributed by atoms with Crippen LogP contribution in [0.15, 0.2) is 0 Å². The summed E-state index contributed by atoms with van der Waals surface area (Å²) in [5, 5.41) is 0. The van der Waals surface area contributed by atoms with Crippen LogP contribution >= 0.6 is 19.3 Å². The van der Waals surface area contributed by atoms with E-state index in [1.165, 1.54) is 0 Å². The van der Waals surface area contributed by atoms with Crippen LogP contribution in [0.5, 0.6) is 0 Å². The molecule has 0 fully saturated rings. The molecular weight excluding hydrogens is 157 g/mol. The maximum absolute atomic E-state index is 10.4. The van der Waals surface area contributed by atoms with Gasteiger partial charge in [0.1, 0.15) is 0 Å². The first kappa shape index (κ1) is 9.50. The van der Waals surface area contributed by atoms with Crippen molar-refractivity contribution in [3.63, 3.8) is 0 Å². The quantitative estimate of drug-likeness (QED) is 0.484. The van der Waals surface area contributed by atoms with Crippen molar-refractivity contribution in [3.8, 4) is 0 Å². The Labute approximate surface area is 59.5 Å². The lowest BCUT2D eigenvalue weighted by atomic mass is 10.6. The second kappa shape index (κ2) is 4.34. The molecular formula is C4H12NO2PS. The number of nitrogens with two attached hydrogens (primary N) is 1. The van der Waals surface area contributed by atoms with Gasteiger partial charge in [0.15, 0.2) is 0 Å². The van der Waals surface area contributed by atoms with Gasteiger partial charge in [0.2, 0.25) is 0 Å². The highest BCUT2D eigenvalue weighted by Gasteiger charge is 2.07. The molecule has 56 valence electrons. The van der Waals surface area contributed by atoms with Crippen LogP contribution in [0.4, 0.5) is 0 Å². The molecule has 1 atom stereocenters. The van der Waals surface area contributed by atoms with E-state index in [-0.39, 0.29) is 6.16 Å². The van der Waals surface area contributed by atoms with Crippen molar-refractivity contribution in [1.82, 2.24) is 0 Å². The zero-order chi connectivity index (χ0) is 7.33. The summed E-state index contributed by atoms with van der Waals surface area (Å²) in [5.41, 5.74) is 4.88. The number of hydrogen-bond acceptors (Lipinski definition) is 2. The topological polar surface area (TPSA) is 63.3 Å². The van der Waals surface area contributed by atoms with Gasteiger partial charge in [-0.3, -0.25) is 10.1 Å². The molecule has 9 heavy (non-hydrogen) atoms. The van der Waals surface area contributed by atoms with Crippen molar-refractivity contribution in [1.29, 1.82) is 0 Å². The summed E-state index contributed by atoms with van der Waals surface area (Å²) in [6, 6.07) is 0. The Morgan fingerprint density at radius 3 is 2.67 bits per heavy atom. The number of hydrogen-bond donors (Lipinski definition) is 2. The minimum atomic E-state index is -3.21. The van der Waals surface area contributed by atoms with Crippen LogP contribution in [0.1, 0.15) is 6.42 Å². The van der Waals surface area contributed by atoms with E-state index in [4.69, 9.17) is 10.4 Å². The van der Waals surface area contributed by atoms with E-state index < -0.39 is 7.52 Å². The fourth-order valence-corrected chi connectivity index (χ4v) is 1.69. The minimum Gasteiger partial charge on any atom is -0.333 e. The molecule has 0 bridgehead atoms. The molecule has 0 saturated heterocycles. The molecule has 0 aliphatic carbocycles. The van der Waals surface area contributed by atoms with Crippen LogP contribution in [0.3, 0.4) is 0 Å². The molecule has 0 heterocycles. The minimum absolute atomic E-state index is 0.244. The molecule has 0 aliphatic rings. The zero-order valence-electron chi connectivity index (χ0n) is 5.41. The summed E-state index contributed by atoms with van der Waals surface area (Å²) in [4.78, 5) is 8.57. The lowest BCUT2D eigenvalue weighted by Gasteiger charge is -2.01. The molecule has 0 amide bonds. The predicted octanol–water partition coefficient (Wildman–Crippen LogP) is 0.884. The molecule has 0 radical (unpaired) electrons. The lowest BCUT2D eigenvalue weighted by Crippen LogP contribution is -1.98. The molecule has 0 aromatic heterocycles. The molecule has 3 N–H and O–H groups in total. The third-order valence-electron chi connectivity index (χ3n) is 0.827. The maximum Gasteiger partial charge on any atom is 0.264 e. The van der Waals surface area contributed by atoms with Crippen molar-refractivity contribution >= 4 is 19.3 Å². The molecule has 0 rings (SSSR count). The van der Waals surface area contributed by atoms with Gasteiger partial charge in [-0.15, -0.1) is 0 Å². The van der Waals surface area contributed by atoms with E-state index in [2.05, 4.69) is 0 Å². The molecule has 0 aromatic carbocycles. The van der Waals surface area contributed by atoms with Gasteiger partial charge in [-0.2, -0.15) is 11.8 Å². The molecule has 3 nitrogen and oxygen atoms in total. The first-order chi connectivity index (χ1) is 4.06. The van der Waals surface area contributed by atoms with E-state index in [1.807, 2.05) is 6.26 Å². The van der Waals surface area contributed by atoms with E-state index in [9.17, 15) is 4.57 Å². The fraction of sp³-hybridized carbons (Fsp3) is 1.00. The zero-order valence-corrected chi connectivity index (χ0v) is 7.12. The summed E-state index contributed by atoms with van der Waals surface area (Å²) in [7, 11) is -3.21. The molecule has 5 heteroatoms. The van der Waals surface area contributed by atoms with Crippen LogP contribution in [0.2, 0.25) is 0 Å². The number of thioether (sulfide) groups is 1. The van der Waals surface area contributed by atoms with Gasteiger partial charge < -0.3 is 4.89 Å². The van der Waals surface area contributed by atoms with E-state index in [1.54, 1.807) is 11.8 Å². The third-order valence-corrected chi connectivity index (χ3v) is 2.48. The second-order valence-electron chi connectivity index (χ2n) is 1.83. The Morgan fingerprint density at radius 2 is 2.33 bits per heavy atom. The second-order valence-corrected chi connectivity index (χ2v) is 4.77. The van der Waals surface area contributed by atoms with Gasteiger partial charge >= 0.3 is 0 Å². The number of rotatable bonds is 4. The smallest absolute Gasteiger partial charge is 0.264 e. The summed E-state index contributed by atoms with van der Waals surface area (Å²) >= 11 is 1.65. The lowest BCUT2D eigenvalue weighted by molar-refractivity contribution is 0.479. The normalized spacial score (nSPS) is 17.2. The van der Waals surface area contributed by atoms with E-state index >= 15 is 0 Å². The van der Waals surface area contributed by atoms with Gasteiger partial charge in [-0.1, -0.05) is 0 Å². The van der Waals surface area contributed by atoms with Gasteiger partial charge in [0, 0.05) is 6.16 Å². The Kier molecular flexibility index (Phi) is 4.58. The van der Waals surface area contributed by atoms with Crippen molar-refractivity contribution in [2.45, 2.75) is 6.42 Å². The van der Waals surface area contributed by atoms with Crippen LogP contribution in [-0.4, -0.2) is 23.1 Å². The molecule has 0 aliphatic heterocycles. The highest BCUT2D eigenvalue weighted by Crippen LogP contribution is 2.30. The Hall–Kier alpha value is 0.500. The van der Waals surface area contributed by atoms with E-state index in [0.29, 0.717) is 0 Å². The van der Waals surface area contributed by atoms with Gasteiger partial charge in [0.25, 0.3) is 7.52 Å². The van der Waals surface area contributed by atoms with Gasteiger partial charge in [-0.05, 0) is 18.4 Å². The standard InChI is InChI=1S/C4H12NO2PS/c1-9-4-2-3-8(5,6)7/h2-4H2,1H3,(H3,5,6,7). The average molecular weight is 169 g/mol. The monoisotopic (exact) mass is 169 g/mol. The van der Waals surface area contributed by atoms with Crippen molar-refractivity contribution in [2.75, 3.05) is 18.2 Å². The van der Waals surface area contributed by atoms with Crippen LogP contribution < -0.4 is 5.50 Å². The fourth-order valence-electron chi connectivity index (χ4n) is 0.435. The third kappa shape index (κ3) is 8.50. The largest absolute Gasteiger partial charge is 0.333 e. The molecule has 0 saturated carbocycles. The van der Waals surface area contributed by atoms with Crippen LogP contribution in [0, 0.1) is 0 Å². The highest BCUT2D eigenvalue weighted by atomic mass is 32.2. The summed E-state index contributed by atoms with van der Waals surface area (Å²) in [6.07, 6.45) is 2.93. The SMILES string of the molecule is CSCCCP(N)(=O)O. The van der Waals surface area contributed by atoms with Crippen molar-refractivity contribution < 1.29 is 9.46 Å². The first-order valence-electron chi connectivity index (χ1n) is 2.65. The Balaban J connectivity index is 3.18. The highest BCUT2D eigenvalue weighted by molar-refractivity contribution is 7.98.